The average Bonchev–Trinajstić information content (AvgIpc) is 2.42. The molecule has 5 nitrogen and oxygen atoms in total. The van der Waals surface area contributed by atoms with Gasteiger partial charge in [-0.1, -0.05) is 13.8 Å². The monoisotopic (exact) mass is 289 g/mol. The van der Waals surface area contributed by atoms with Gasteiger partial charge in [0.25, 0.3) is 0 Å². The van der Waals surface area contributed by atoms with E-state index in [1.165, 1.54) is 0 Å². The van der Waals surface area contributed by atoms with Crippen LogP contribution in [0.25, 0.3) is 11.0 Å². The Kier molecular flexibility index (Phi) is 5.64. The number of fused-ring (bicyclic) bond motifs is 1. The number of amides is 1. The molecule has 2 aromatic heterocycles. The van der Waals surface area contributed by atoms with Gasteiger partial charge in [0.1, 0.15) is 5.60 Å². The minimum atomic E-state index is -0.527. The van der Waals surface area contributed by atoms with Crippen molar-refractivity contribution in [1.82, 2.24) is 9.97 Å². The zero-order valence-corrected chi connectivity index (χ0v) is 13.5. The molecular weight excluding hydrogens is 266 g/mol. The third-order valence-corrected chi connectivity index (χ3v) is 2.51. The number of aryl methyl sites for hydroxylation is 1. The fourth-order valence-electron chi connectivity index (χ4n) is 1.69. The zero-order chi connectivity index (χ0) is 16.0. The van der Waals surface area contributed by atoms with Crippen molar-refractivity contribution in [3.8, 4) is 0 Å². The SMILES string of the molecule is CC.Cc1c(NC(=O)OC(C)(C)C)cnc2cccnc12. The van der Waals surface area contributed by atoms with Crippen LogP contribution < -0.4 is 5.32 Å². The summed E-state index contributed by atoms with van der Waals surface area (Å²) in [4.78, 5) is 20.3. The van der Waals surface area contributed by atoms with Gasteiger partial charge in [0.2, 0.25) is 0 Å². The summed E-state index contributed by atoms with van der Waals surface area (Å²) in [6.45, 7) is 11.3. The summed E-state index contributed by atoms with van der Waals surface area (Å²) in [5.74, 6) is 0. The predicted octanol–water partition coefficient (Wildman–Crippen LogP) is 4.31. The number of anilines is 1. The molecule has 1 N–H and O–H groups in total. The molecule has 2 aromatic rings. The van der Waals surface area contributed by atoms with Gasteiger partial charge in [-0.15, -0.1) is 0 Å². The third-order valence-electron chi connectivity index (χ3n) is 2.51. The van der Waals surface area contributed by atoms with E-state index >= 15 is 0 Å². The van der Waals surface area contributed by atoms with E-state index in [1.54, 1.807) is 12.4 Å². The number of carbonyl (C=O) groups excluding carboxylic acids is 1. The van der Waals surface area contributed by atoms with Gasteiger partial charge in [-0.3, -0.25) is 15.3 Å². The summed E-state index contributed by atoms with van der Waals surface area (Å²) in [6.07, 6.45) is 2.82. The lowest BCUT2D eigenvalue weighted by atomic mass is 10.2. The summed E-state index contributed by atoms with van der Waals surface area (Å²) in [6, 6.07) is 3.71. The first-order valence-corrected chi connectivity index (χ1v) is 7.07. The van der Waals surface area contributed by atoms with Crippen LogP contribution in [-0.2, 0) is 4.74 Å². The largest absolute Gasteiger partial charge is 0.444 e. The number of nitrogens with zero attached hydrogens (tertiary/aromatic N) is 2. The Bertz CT molecular complexity index is 618. The molecule has 0 aliphatic heterocycles. The molecule has 1 amide bonds. The number of carbonyl (C=O) groups is 1. The van der Waals surface area contributed by atoms with E-state index < -0.39 is 11.7 Å². The maximum atomic E-state index is 11.7. The second-order valence-corrected chi connectivity index (χ2v) is 5.29. The van der Waals surface area contributed by atoms with Gasteiger partial charge >= 0.3 is 6.09 Å². The number of rotatable bonds is 1. The fraction of sp³-hybridized carbons (Fsp3) is 0.438. The molecule has 2 heterocycles. The van der Waals surface area contributed by atoms with Crippen LogP contribution in [0, 0.1) is 6.92 Å². The van der Waals surface area contributed by atoms with Crippen molar-refractivity contribution < 1.29 is 9.53 Å². The topological polar surface area (TPSA) is 64.1 Å². The van der Waals surface area contributed by atoms with Crippen LogP contribution in [0.3, 0.4) is 0 Å². The Morgan fingerprint density at radius 3 is 2.52 bits per heavy atom. The first kappa shape index (κ1) is 16.9. The first-order valence-electron chi connectivity index (χ1n) is 7.07. The van der Waals surface area contributed by atoms with Crippen molar-refractivity contribution in [3.05, 3.63) is 30.1 Å². The van der Waals surface area contributed by atoms with E-state index in [0.717, 1.165) is 16.6 Å². The molecule has 0 spiro atoms. The van der Waals surface area contributed by atoms with Gasteiger partial charge in [-0.2, -0.15) is 0 Å². The highest BCUT2D eigenvalue weighted by atomic mass is 16.6. The van der Waals surface area contributed by atoms with Crippen LogP contribution in [0.1, 0.15) is 40.2 Å². The van der Waals surface area contributed by atoms with Crippen LogP contribution >= 0.6 is 0 Å². The van der Waals surface area contributed by atoms with Gasteiger partial charge in [0.15, 0.2) is 0 Å². The third kappa shape index (κ3) is 4.70. The Balaban J connectivity index is 0.00000106. The summed E-state index contributed by atoms with van der Waals surface area (Å²) in [5.41, 5.74) is 2.53. The number of hydrogen-bond acceptors (Lipinski definition) is 4. The number of aromatic nitrogens is 2. The van der Waals surface area contributed by atoms with Crippen molar-refractivity contribution >= 4 is 22.8 Å². The Labute approximate surface area is 125 Å². The molecule has 114 valence electrons. The molecule has 0 bridgehead atoms. The highest BCUT2D eigenvalue weighted by molar-refractivity contribution is 5.90. The quantitative estimate of drug-likeness (QED) is 0.849. The predicted molar refractivity (Wildman–Crippen MR) is 85.5 cm³/mol. The van der Waals surface area contributed by atoms with Crippen LogP contribution in [0.15, 0.2) is 24.5 Å². The van der Waals surface area contributed by atoms with E-state index in [2.05, 4.69) is 15.3 Å². The van der Waals surface area contributed by atoms with Gasteiger partial charge in [0.05, 0.1) is 22.9 Å². The zero-order valence-electron chi connectivity index (χ0n) is 13.5. The van der Waals surface area contributed by atoms with Crippen molar-refractivity contribution in [2.24, 2.45) is 0 Å². The van der Waals surface area contributed by atoms with Gasteiger partial charge < -0.3 is 4.74 Å². The Morgan fingerprint density at radius 2 is 1.90 bits per heavy atom. The Morgan fingerprint density at radius 1 is 1.24 bits per heavy atom. The molecule has 0 aromatic carbocycles. The van der Waals surface area contributed by atoms with E-state index in [0.29, 0.717) is 5.69 Å². The number of hydrogen-bond donors (Lipinski definition) is 1. The molecule has 0 fully saturated rings. The van der Waals surface area contributed by atoms with Gasteiger partial charge in [-0.25, -0.2) is 4.79 Å². The molecule has 2 rings (SSSR count). The van der Waals surface area contributed by atoms with Crippen molar-refractivity contribution in [1.29, 1.82) is 0 Å². The van der Waals surface area contributed by atoms with E-state index in [-0.39, 0.29) is 0 Å². The maximum absolute atomic E-state index is 11.7. The van der Waals surface area contributed by atoms with Crippen molar-refractivity contribution in [3.63, 3.8) is 0 Å². The molecule has 0 radical (unpaired) electrons. The van der Waals surface area contributed by atoms with Crippen molar-refractivity contribution in [2.75, 3.05) is 5.32 Å². The van der Waals surface area contributed by atoms with Gasteiger partial charge in [-0.05, 0) is 39.8 Å². The fourth-order valence-corrected chi connectivity index (χ4v) is 1.69. The summed E-state index contributed by atoms with van der Waals surface area (Å²) >= 11 is 0. The molecule has 21 heavy (non-hydrogen) atoms. The summed E-state index contributed by atoms with van der Waals surface area (Å²) in [5, 5.41) is 2.70. The smallest absolute Gasteiger partial charge is 0.412 e. The van der Waals surface area contributed by atoms with E-state index in [9.17, 15) is 4.79 Å². The second-order valence-electron chi connectivity index (χ2n) is 5.29. The molecule has 0 aliphatic rings. The molecule has 0 saturated heterocycles. The van der Waals surface area contributed by atoms with Gasteiger partial charge in [0, 0.05) is 11.8 Å². The highest BCUT2D eigenvalue weighted by Gasteiger charge is 2.17. The maximum Gasteiger partial charge on any atom is 0.412 e. The summed E-state index contributed by atoms with van der Waals surface area (Å²) < 4.78 is 5.21. The first-order chi connectivity index (χ1) is 9.87. The second kappa shape index (κ2) is 7.02. The lowest BCUT2D eigenvalue weighted by Crippen LogP contribution is -2.27. The van der Waals surface area contributed by atoms with Crippen LogP contribution in [0.4, 0.5) is 10.5 Å². The molecule has 0 atom stereocenters. The average molecular weight is 289 g/mol. The minimum Gasteiger partial charge on any atom is -0.444 e. The Hall–Kier alpha value is -2.17. The van der Waals surface area contributed by atoms with Crippen LogP contribution in [0.2, 0.25) is 0 Å². The standard InChI is InChI=1S/C14H17N3O2.C2H6/c1-9-11(17-13(18)19-14(2,3)4)8-16-10-6-5-7-15-12(9)10;1-2/h5-8H,1-4H3,(H,17,18);1-2H3. The molecule has 0 aliphatic carbocycles. The molecule has 0 saturated carbocycles. The van der Waals surface area contributed by atoms with Crippen LogP contribution in [0.5, 0.6) is 0 Å². The van der Waals surface area contributed by atoms with Crippen LogP contribution in [-0.4, -0.2) is 21.7 Å². The van der Waals surface area contributed by atoms with E-state index in [1.807, 2.05) is 53.7 Å². The minimum absolute atomic E-state index is 0.493. The molecule has 0 unspecified atom stereocenters. The normalized spacial score (nSPS) is 10.6. The number of nitrogens with one attached hydrogen (secondary N) is 1. The highest BCUT2D eigenvalue weighted by Crippen LogP contribution is 2.21. The van der Waals surface area contributed by atoms with E-state index in [4.69, 9.17) is 4.74 Å². The van der Waals surface area contributed by atoms with Crippen molar-refractivity contribution in [2.45, 2.75) is 47.1 Å². The molecular formula is C16H23N3O2. The number of pyridine rings is 2. The lowest BCUT2D eigenvalue weighted by molar-refractivity contribution is 0.0636. The number of ether oxygens (including phenoxy) is 1. The molecule has 5 heteroatoms. The lowest BCUT2D eigenvalue weighted by Gasteiger charge is -2.20. The summed E-state index contributed by atoms with van der Waals surface area (Å²) in [7, 11) is 0.